The minimum atomic E-state index is -0.886. The van der Waals surface area contributed by atoms with Crippen LogP contribution < -0.4 is 11.1 Å². The Bertz CT molecular complexity index is 883. The molecule has 0 heterocycles. The molecule has 1 unspecified atom stereocenters. The number of nitrogens with zero attached hydrogens (tertiary/aromatic N) is 1. The first-order chi connectivity index (χ1) is 12.4. The summed E-state index contributed by atoms with van der Waals surface area (Å²) in [4.78, 5) is 22.6. The van der Waals surface area contributed by atoms with Crippen LogP contribution in [0.25, 0.3) is 0 Å². The van der Waals surface area contributed by atoms with Crippen molar-refractivity contribution in [2.75, 3.05) is 5.73 Å². The Morgan fingerprint density at radius 1 is 1.23 bits per heavy atom. The van der Waals surface area contributed by atoms with Gasteiger partial charge in [0.15, 0.2) is 0 Å². The molecule has 0 bridgehead atoms. The lowest BCUT2D eigenvalue weighted by molar-refractivity contribution is -0.384. The largest absolute Gasteiger partial charge is 0.393 e. The Kier molecular flexibility index (Phi) is 4.88. The van der Waals surface area contributed by atoms with E-state index in [-0.39, 0.29) is 11.7 Å². The summed E-state index contributed by atoms with van der Waals surface area (Å²) >= 11 is 0. The van der Waals surface area contributed by atoms with E-state index in [1.807, 2.05) is 6.07 Å². The van der Waals surface area contributed by atoms with E-state index in [4.69, 9.17) is 5.73 Å². The van der Waals surface area contributed by atoms with Crippen LogP contribution in [0.1, 0.15) is 52.9 Å². The summed E-state index contributed by atoms with van der Waals surface area (Å²) in [6.07, 6.45) is 4.42. The molecular weight excluding hydrogens is 337 g/mol. The van der Waals surface area contributed by atoms with Crippen molar-refractivity contribution in [1.82, 2.24) is 5.32 Å². The summed E-state index contributed by atoms with van der Waals surface area (Å²) in [7, 11) is 0. The van der Waals surface area contributed by atoms with Crippen molar-refractivity contribution in [1.29, 1.82) is 0 Å². The van der Waals surface area contributed by atoms with Crippen molar-refractivity contribution in [2.45, 2.75) is 38.6 Å². The third-order valence-electron chi connectivity index (χ3n) is 4.78. The molecule has 0 saturated heterocycles. The molecule has 1 aliphatic rings. The van der Waals surface area contributed by atoms with Gasteiger partial charge in [0.2, 0.25) is 0 Å². The van der Waals surface area contributed by atoms with E-state index in [0.29, 0.717) is 0 Å². The Morgan fingerprint density at radius 2 is 1.92 bits per heavy atom. The molecular formula is C19H20FN3O3. The number of hydrogen-bond donors (Lipinski definition) is 2. The lowest BCUT2D eigenvalue weighted by atomic mass is 9.89. The predicted molar refractivity (Wildman–Crippen MR) is 96.4 cm³/mol. The van der Waals surface area contributed by atoms with Gasteiger partial charge in [-0.05, 0) is 49.3 Å². The molecule has 3 rings (SSSR count). The minimum absolute atomic E-state index is 0.313. The number of rotatable bonds is 4. The average molecular weight is 357 g/mol. The number of amides is 1. The quantitative estimate of drug-likeness (QED) is 0.495. The van der Waals surface area contributed by atoms with Gasteiger partial charge in [-0.1, -0.05) is 18.2 Å². The van der Waals surface area contributed by atoms with Crippen LogP contribution in [0.2, 0.25) is 0 Å². The van der Waals surface area contributed by atoms with Crippen LogP contribution in [0.15, 0.2) is 30.3 Å². The van der Waals surface area contributed by atoms with E-state index < -0.39 is 27.9 Å². The minimum Gasteiger partial charge on any atom is -0.393 e. The highest BCUT2D eigenvalue weighted by Gasteiger charge is 2.22. The molecule has 6 nitrogen and oxygen atoms in total. The van der Waals surface area contributed by atoms with Gasteiger partial charge in [-0.25, -0.2) is 4.39 Å². The normalized spacial score (nSPS) is 14.4. The van der Waals surface area contributed by atoms with Gasteiger partial charge in [-0.3, -0.25) is 14.9 Å². The Labute approximate surface area is 150 Å². The zero-order valence-corrected chi connectivity index (χ0v) is 14.4. The lowest BCUT2D eigenvalue weighted by Crippen LogP contribution is -2.28. The molecule has 1 atom stereocenters. The highest BCUT2D eigenvalue weighted by Crippen LogP contribution is 2.27. The number of nitrogens with two attached hydrogens (primary N) is 1. The van der Waals surface area contributed by atoms with Crippen LogP contribution in [-0.2, 0) is 12.8 Å². The smallest absolute Gasteiger partial charge is 0.293 e. The number of hydrogen-bond acceptors (Lipinski definition) is 4. The summed E-state index contributed by atoms with van der Waals surface area (Å²) < 4.78 is 14.1. The Balaban J connectivity index is 1.81. The molecule has 0 fully saturated rings. The summed E-state index contributed by atoms with van der Waals surface area (Å²) in [5.74, 6) is -1.60. The number of anilines is 1. The molecule has 0 saturated carbocycles. The third-order valence-corrected chi connectivity index (χ3v) is 4.78. The molecule has 3 N–H and O–H groups in total. The molecule has 1 aliphatic carbocycles. The molecule has 0 radical (unpaired) electrons. The number of halogens is 1. The fourth-order valence-electron chi connectivity index (χ4n) is 3.29. The summed E-state index contributed by atoms with van der Waals surface area (Å²) in [5.41, 5.74) is 7.78. The maximum Gasteiger partial charge on any atom is 0.293 e. The van der Waals surface area contributed by atoms with Gasteiger partial charge in [-0.2, -0.15) is 0 Å². The first kappa shape index (κ1) is 17.8. The van der Waals surface area contributed by atoms with Gasteiger partial charge in [0.05, 0.1) is 16.5 Å². The third kappa shape index (κ3) is 3.51. The van der Waals surface area contributed by atoms with Gasteiger partial charge in [0, 0.05) is 12.1 Å². The SMILES string of the molecule is CC(NC(=O)c1cc([N+](=O)[O-])c(N)cc1F)c1ccc2c(c1)CCCC2. The van der Waals surface area contributed by atoms with Crippen LogP contribution in [0.3, 0.4) is 0 Å². The number of nitrogens with one attached hydrogen (secondary N) is 1. The number of aryl methyl sites for hydroxylation is 2. The number of benzene rings is 2. The lowest BCUT2D eigenvalue weighted by Gasteiger charge is -2.20. The van der Waals surface area contributed by atoms with Crippen LogP contribution in [0, 0.1) is 15.9 Å². The van der Waals surface area contributed by atoms with E-state index in [2.05, 4.69) is 17.4 Å². The van der Waals surface area contributed by atoms with Crippen molar-refractivity contribution >= 4 is 17.3 Å². The maximum atomic E-state index is 14.1. The van der Waals surface area contributed by atoms with Gasteiger partial charge < -0.3 is 11.1 Å². The van der Waals surface area contributed by atoms with Crippen molar-refractivity contribution in [3.05, 3.63) is 68.5 Å². The number of nitrogen functional groups attached to an aromatic ring is 1. The second-order valence-corrected chi connectivity index (χ2v) is 6.58. The van der Waals surface area contributed by atoms with Crippen molar-refractivity contribution in [2.24, 2.45) is 0 Å². The molecule has 136 valence electrons. The van der Waals surface area contributed by atoms with E-state index in [9.17, 15) is 19.3 Å². The van der Waals surface area contributed by atoms with E-state index in [1.165, 1.54) is 17.5 Å². The van der Waals surface area contributed by atoms with Crippen molar-refractivity contribution in [3.8, 4) is 0 Å². The standard InChI is InChI=1S/C19H20FN3O3/c1-11(13-7-6-12-4-2-3-5-14(12)8-13)22-19(24)15-9-18(23(25)26)17(21)10-16(15)20/h6-11H,2-5,21H2,1H3,(H,22,24). The molecule has 2 aromatic carbocycles. The number of carbonyl (C=O) groups excluding carboxylic acids is 1. The number of nitro benzene ring substituents is 1. The molecule has 7 heteroatoms. The highest BCUT2D eigenvalue weighted by molar-refractivity contribution is 5.96. The highest BCUT2D eigenvalue weighted by atomic mass is 19.1. The molecule has 26 heavy (non-hydrogen) atoms. The Hall–Kier alpha value is -2.96. The van der Waals surface area contributed by atoms with Gasteiger partial charge >= 0.3 is 0 Å². The molecule has 1 amide bonds. The van der Waals surface area contributed by atoms with E-state index in [1.54, 1.807) is 6.92 Å². The number of carbonyl (C=O) groups is 1. The Morgan fingerprint density at radius 3 is 2.62 bits per heavy atom. The van der Waals surface area contributed by atoms with Crippen LogP contribution in [-0.4, -0.2) is 10.8 Å². The van der Waals surface area contributed by atoms with E-state index >= 15 is 0 Å². The summed E-state index contributed by atoms with van der Waals surface area (Å²) in [6.45, 7) is 1.80. The van der Waals surface area contributed by atoms with Crippen LogP contribution >= 0.6 is 0 Å². The average Bonchev–Trinajstić information content (AvgIpc) is 2.60. The van der Waals surface area contributed by atoms with Crippen molar-refractivity contribution in [3.63, 3.8) is 0 Å². The molecule has 0 aliphatic heterocycles. The first-order valence-electron chi connectivity index (χ1n) is 8.53. The van der Waals surface area contributed by atoms with Crippen LogP contribution in [0.5, 0.6) is 0 Å². The van der Waals surface area contributed by atoms with Crippen LogP contribution in [0.4, 0.5) is 15.8 Å². The van der Waals surface area contributed by atoms with Gasteiger partial charge in [0.1, 0.15) is 11.5 Å². The van der Waals surface area contributed by atoms with Gasteiger partial charge in [-0.15, -0.1) is 0 Å². The molecule has 0 aromatic heterocycles. The second-order valence-electron chi connectivity index (χ2n) is 6.58. The molecule has 0 spiro atoms. The monoisotopic (exact) mass is 357 g/mol. The number of nitro groups is 1. The first-order valence-corrected chi connectivity index (χ1v) is 8.53. The summed E-state index contributed by atoms with van der Waals surface area (Å²) in [5, 5.41) is 13.7. The predicted octanol–water partition coefficient (Wildman–Crippen LogP) is 3.69. The van der Waals surface area contributed by atoms with E-state index in [0.717, 1.165) is 37.0 Å². The van der Waals surface area contributed by atoms with Crippen molar-refractivity contribution < 1.29 is 14.1 Å². The second kappa shape index (κ2) is 7.11. The fourth-order valence-corrected chi connectivity index (χ4v) is 3.29. The zero-order chi connectivity index (χ0) is 18.8. The number of fused-ring (bicyclic) bond motifs is 1. The van der Waals surface area contributed by atoms with Gasteiger partial charge in [0.25, 0.3) is 11.6 Å². The zero-order valence-electron chi connectivity index (χ0n) is 14.4. The summed E-state index contributed by atoms with van der Waals surface area (Å²) in [6, 6.07) is 7.42. The maximum absolute atomic E-state index is 14.1. The molecule has 2 aromatic rings. The fraction of sp³-hybridized carbons (Fsp3) is 0.316. The topological polar surface area (TPSA) is 98.3 Å².